The van der Waals surface area contributed by atoms with Gasteiger partial charge < -0.3 is 19.3 Å². The van der Waals surface area contributed by atoms with Crippen LogP contribution in [0.4, 0.5) is 4.79 Å². The predicted molar refractivity (Wildman–Crippen MR) is 93.8 cm³/mol. The highest BCUT2D eigenvalue weighted by Crippen LogP contribution is 2.32. The molecule has 1 aromatic rings. The molecule has 0 unspecified atom stereocenters. The largest absolute Gasteiger partial charge is 0.493 e. The fourth-order valence-electron chi connectivity index (χ4n) is 3.54. The van der Waals surface area contributed by atoms with Gasteiger partial charge in [-0.1, -0.05) is 25.5 Å². The highest BCUT2D eigenvalue weighted by atomic mass is 16.6. The van der Waals surface area contributed by atoms with E-state index >= 15 is 0 Å². The summed E-state index contributed by atoms with van der Waals surface area (Å²) in [6, 6.07) is 7.37. The number of nitrogens with zero attached hydrogens (tertiary/aromatic N) is 2. The summed E-state index contributed by atoms with van der Waals surface area (Å²) in [5.74, 6) is 0.567. The lowest BCUT2D eigenvalue weighted by molar-refractivity contribution is -0.00534. The van der Waals surface area contributed by atoms with Crippen LogP contribution in [0.25, 0.3) is 0 Å². The first-order valence-corrected chi connectivity index (χ1v) is 9.00. The van der Waals surface area contributed by atoms with Crippen molar-refractivity contribution in [2.75, 3.05) is 33.3 Å². The molecule has 0 N–H and O–H groups in total. The van der Waals surface area contributed by atoms with E-state index in [1.165, 1.54) is 0 Å². The lowest BCUT2D eigenvalue weighted by Crippen LogP contribution is -2.52. The van der Waals surface area contributed by atoms with Crippen molar-refractivity contribution in [2.45, 2.75) is 38.2 Å². The molecule has 2 saturated heterocycles. The Hall–Kier alpha value is -2.24. The minimum Gasteiger partial charge on any atom is -0.493 e. The molecule has 2 aliphatic heterocycles. The summed E-state index contributed by atoms with van der Waals surface area (Å²) in [5.41, 5.74) is 0.00549. The molecule has 0 saturated carbocycles. The number of unbranched alkanes of at least 4 members (excludes halogenated alkanes) is 1. The van der Waals surface area contributed by atoms with Crippen LogP contribution in [0, 0.1) is 0 Å². The number of piperidine rings is 1. The maximum atomic E-state index is 13.0. The van der Waals surface area contributed by atoms with Crippen LogP contribution in [0.5, 0.6) is 5.75 Å². The Morgan fingerprint density at radius 3 is 2.84 bits per heavy atom. The first kappa shape index (κ1) is 17.6. The zero-order valence-electron chi connectivity index (χ0n) is 15.0. The van der Waals surface area contributed by atoms with Gasteiger partial charge in [-0.2, -0.15) is 0 Å². The molecule has 2 heterocycles. The lowest BCUT2D eigenvalue weighted by atomic mass is 9.92. The molecule has 6 nitrogen and oxygen atoms in total. The number of rotatable bonds is 5. The molecule has 6 heteroatoms. The topological polar surface area (TPSA) is 59.1 Å². The minimum absolute atomic E-state index is 0.0585. The van der Waals surface area contributed by atoms with Crippen LogP contribution in [-0.2, 0) is 4.74 Å². The van der Waals surface area contributed by atoms with Crippen LogP contribution in [0.3, 0.4) is 0 Å². The number of carbonyl (C=O) groups excluding carboxylic acids is 2. The second-order valence-electron chi connectivity index (χ2n) is 6.94. The number of hydrogen-bond acceptors (Lipinski definition) is 4. The van der Waals surface area contributed by atoms with Crippen LogP contribution >= 0.6 is 0 Å². The SMILES string of the molecule is CCCCOc1ccccc1C(=O)N1CCC[C@]2(CN(C)C(=O)O2)C1. The van der Waals surface area contributed by atoms with Gasteiger partial charge in [-0.25, -0.2) is 4.79 Å². The fraction of sp³-hybridized carbons (Fsp3) is 0.579. The molecule has 1 aromatic carbocycles. The Balaban J connectivity index is 1.74. The van der Waals surface area contributed by atoms with Gasteiger partial charge in [0.1, 0.15) is 11.4 Å². The number of carbonyl (C=O) groups is 2. The number of likely N-dealkylation sites (N-methyl/N-ethyl adjacent to an activating group) is 1. The molecule has 0 aliphatic carbocycles. The molecule has 2 fully saturated rings. The quantitative estimate of drug-likeness (QED) is 0.769. The second-order valence-corrected chi connectivity index (χ2v) is 6.94. The van der Waals surface area contributed by atoms with Gasteiger partial charge >= 0.3 is 6.09 Å². The smallest absolute Gasteiger partial charge is 0.410 e. The normalized spacial score (nSPS) is 23.0. The molecule has 3 rings (SSSR count). The second kappa shape index (κ2) is 7.33. The van der Waals surface area contributed by atoms with E-state index in [1.54, 1.807) is 22.9 Å². The van der Waals surface area contributed by atoms with Crippen LogP contribution in [0.2, 0.25) is 0 Å². The van der Waals surface area contributed by atoms with E-state index < -0.39 is 5.60 Å². The van der Waals surface area contributed by atoms with Crippen molar-refractivity contribution in [1.29, 1.82) is 0 Å². The molecule has 1 spiro atoms. The lowest BCUT2D eigenvalue weighted by Gasteiger charge is -2.38. The number of para-hydroxylation sites is 1. The van der Waals surface area contributed by atoms with Gasteiger partial charge in [0.2, 0.25) is 0 Å². The van der Waals surface area contributed by atoms with E-state index in [1.807, 2.05) is 18.2 Å². The molecule has 2 amide bonds. The van der Waals surface area contributed by atoms with Crippen LogP contribution in [0.15, 0.2) is 24.3 Å². The number of ether oxygens (including phenoxy) is 2. The number of hydrogen-bond donors (Lipinski definition) is 0. The van der Waals surface area contributed by atoms with E-state index in [4.69, 9.17) is 9.47 Å². The van der Waals surface area contributed by atoms with Gasteiger partial charge in [0.25, 0.3) is 5.91 Å². The van der Waals surface area contributed by atoms with E-state index in [0.29, 0.717) is 37.6 Å². The van der Waals surface area contributed by atoms with Crippen molar-refractivity contribution in [3.05, 3.63) is 29.8 Å². The van der Waals surface area contributed by atoms with Crippen molar-refractivity contribution in [3.8, 4) is 5.75 Å². The van der Waals surface area contributed by atoms with Crippen LogP contribution in [-0.4, -0.2) is 60.7 Å². The molecule has 0 radical (unpaired) electrons. The van der Waals surface area contributed by atoms with Crippen molar-refractivity contribution in [2.24, 2.45) is 0 Å². The number of benzene rings is 1. The van der Waals surface area contributed by atoms with Crippen LogP contribution in [0.1, 0.15) is 43.0 Å². The van der Waals surface area contributed by atoms with E-state index in [9.17, 15) is 9.59 Å². The summed E-state index contributed by atoms with van der Waals surface area (Å²) in [6.45, 7) is 4.35. The average Bonchev–Trinajstić information content (AvgIpc) is 2.88. The average molecular weight is 346 g/mol. The molecule has 1 atom stereocenters. The molecule has 2 aliphatic rings. The highest BCUT2D eigenvalue weighted by molar-refractivity contribution is 5.97. The molecular formula is C19H26N2O4. The van der Waals surface area contributed by atoms with Gasteiger partial charge in [0, 0.05) is 13.6 Å². The number of amides is 2. The Bertz CT molecular complexity index is 648. The molecule has 0 aromatic heterocycles. The first-order valence-electron chi connectivity index (χ1n) is 9.00. The minimum atomic E-state index is -0.572. The molecule has 0 bridgehead atoms. The first-order chi connectivity index (χ1) is 12.0. The van der Waals surface area contributed by atoms with Gasteiger partial charge in [-0.05, 0) is 31.4 Å². The maximum Gasteiger partial charge on any atom is 0.410 e. The van der Waals surface area contributed by atoms with E-state index in [-0.39, 0.29) is 12.0 Å². The Labute approximate surface area is 148 Å². The standard InChI is InChI=1S/C19H26N2O4/c1-3-4-12-24-16-9-6-5-8-15(16)17(22)21-11-7-10-19(14-21)13-20(2)18(23)25-19/h5-6,8-9H,3-4,7,10-14H2,1-2H3/t19-/m0/s1. The number of likely N-dealkylation sites (tertiary alicyclic amines) is 1. The monoisotopic (exact) mass is 346 g/mol. The molecule has 25 heavy (non-hydrogen) atoms. The van der Waals surface area contributed by atoms with Gasteiger partial charge in [0.05, 0.1) is 25.3 Å². The van der Waals surface area contributed by atoms with Crippen molar-refractivity contribution < 1.29 is 19.1 Å². The van der Waals surface area contributed by atoms with Crippen molar-refractivity contribution >= 4 is 12.0 Å². The van der Waals surface area contributed by atoms with Crippen LogP contribution < -0.4 is 4.74 Å². The zero-order chi connectivity index (χ0) is 17.9. The zero-order valence-corrected chi connectivity index (χ0v) is 15.0. The van der Waals surface area contributed by atoms with E-state index in [2.05, 4.69) is 6.92 Å². The predicted octanol–water partition coefficient (Wildman–Crippen LogP) is 2.92. The van der Waals surface area contributed by atoms with Crippen molar-refractivity contribution in [1.82, 2.24) is 9.80 Å². The third kappa shape index (κ3) is 3.72. The summed E-state index contributed by atoms with van der Waals surface area (Å²) in [5, 5.41) is 0. The summed E-state index contributed by atoms with van der Waals surface area (Å²) in [6.07, 6.45) is 3.31. The van der Waals surface area contributed by atoms with E-state index in [0.717, 1.165) is 25.7 Å². The third-order valence-electron chi connectivity index (χ3n) is 4.84. The summed E-state index contributed by atoms with van der Waals surface area (Å²) in [7, 11) is 1.73. The van der Waals surface area contributed by atoms with Gasteiger partial charge in [0.15, 0.2) is 0 Å². The summed E-state index contributed by atoms with van der Waals surface area (Å²) < 4.78 is 11.4. The van der Waals surface area contributed by atoms with Gasteiger partial charge in [-0.3, -0.25) is 4.79 Å². The van der Waals surface area contributed by atoms with Crippen molar-refractivity contribution in [3.63, 3.8) is 0 Å². The summed E-state index contributed by atoms with van der Waals surface area (Å²) >= 11 is 0. The molecule has 136 valence electrons. The Morgan fingerprint density at radius 1 is 1.32 bits per heavy atom. The fourth-order valence-corrected chi connectivity index (χ4v) is 3.54. The Kier molecular flexibility index (Phi) is 5.16. The highest BCUT2D eigenvalue weighted by Gasteiger charge is 2.47. The van der Waals surface area contributed by atoms with Gasteiger partial charge in [-0.15, -0.1) is 0 Å². The summed E-state index contributed by atoms with van der Waals surface area (Å²) in [4.78, 5) is 28.2. The third-order valence-corrected chi connectivity index (χ3v) is 4.84. The molecular weight excluding hydrogens is 320 g/mol. The Morgan fingerprint density at radius 2 is 2.12 bits per heavy atom. The maximum absolute atomic E-state index is 13.0.